The molecule has 2 rings (SSSR count). The van der Waals surface area contributed by atoms with E-state index in [-0.39, 0.29) is 23.4 Å². The van der Waals surface area contributed by atoms with Gasteiger partial charge >= 0.3 is 5.69 Å². The number of hydrogen-bond donors (Lipinski definition) is 0. The first-order valence-corrected chi connectivity index (χ1v) is 5.18. The molecule has 1 amide bonds. The first-order chi connectivity index (χ1) is 8.04. The summed E-state index contributed by atoms with van der Waals surface area (Å²) in [5.41, 5.74) is 0.277. The molecule has 0 radical (unpaired) electrons. The quantitative estimate of drug-likeness (QED) is 0.452. The summed E-state index contributed by atoms with van der Waals surface area (Å²) in [6.45, 7) is 2.68. The van der Waals surface area contributed by atoms with E-state index in [0.717, 1.165) is 6.54 Å². The molecule has 0 bridgehead atoms. The van der Waals surface area contributed by atoms with Gasteiger partial charge in [-0.15, -0.1) is 0 Å². The van der Waals surface area contributed by atoms with Crippen LogP contribution in [0, 0.1) is 10.1 Å². The minimum absolute atomic E-state index is 0.107. The van der Waals surface area contributed by atoms with Crippen LogP contribution in [0.25, 0.3) is 0 Å². The first kappa shape index (κ1) is 11.4. The predicted molar refractivity (Wildman–Crippen MR) is 60.1 cm³/mol. The molecular formula is C11H12N2O4. The van der Waals surface area contributed by atoms with Gasteiger partial charge in [-0.1, -0.05) is 0 Å². The van der Waals surface area contributed by atoms with Crippen molar-refractivity contribution < 1.29 is 14.5 Å². The van der Waals surface area contributed by atoms with E-state index in [0.29, 0.717) is 5.56 Å². The molecule has 90 valence electrons. The number of rotatable bonds is 3. The van der Waals surface area contributed by atoms with Crippen molar-refractivity contribution in [3.8, 4) is 5.75 Å². The summed E-state index contributed by atoms with van der Waals surface area (Å²) < 4.78 is 4.91. The number of ether oxygens (including phenoxy) is 1. The van der Waals surface area contributed by atoms with Gasteiger partial charge in [0.25, 0.3) is 5.91 Å². The Hall–Kier alpha value is -2.11. The van der Waals surface area contributed by atoms with Gasteiger partial charge in [0, 0.05) is 30.3 Å². The molecule has 6 nitrogen and oxygen atoms in total. The second-order valence-corrected chi connectivity index (χ2v) is 3.95. The van der Waals surface area contributed by atoms with E-state index in [1.165, 1.54) is 25.3 Å². The average Bonchev–Trinajstić information content (AvgIpc) is 3.04. The number of methoxy groups -OCH3 is 1. The highest BCUT2D eigenvalue weighted by Crippen LogP contribution is 2.29. The van der Waals surface area contributed by atoms with Gasteiger partial charge in [-0.05, 0) is 13.0 Å². The third-order valence-corrected chi connectivity index (χ3v) is 2.74. The Morgan fingerprint density at radius 2 is 2.24 bits per heavy atom. The maximum Gasteiger partial charge on any atom is 0.310 e. The molecule has 0 spiro atoms. The van der Waals surface area contributed by atoms with Crippen molar-refractivity contribution >= 4 is 11.6 Å². The summed E-state index contributed by atoms with van der Waals surface area (Å²) in [4.78, 5) is 23.7. The number of carbonyl (C=O) groups excluding carboxylic acids is 1. The Balaban J connectivity index is 2.31. The minimum atomic E-state index is -0.535. The molecular weight excluding hydrogens is 224 g/mol. The molecule has 1 unspecified atom stereocenters. The van der Waals surface area contributed by atoms with Crippen LogP contribution in [0.15, 0.2) is 18.2 Å². The first-order valence-electron chi connectivity index (χ1n) is 5.18. The molecule has 6 heteroatoms. The number of hydrogen-bond acceptors (Lipinski definition) is 4. The molecule has 0 saturated carbocycles. The van der Waals surface area contributed by atoms with Crippen LogP contribution < -0.4 is 4.74 Å². The van der Waals surface area contributed by atoms with Crippen molar-refractivity contribution in [3.63, 3.8) is 0 Å². The monoisotopic (exact) mass is 236 g/mol. The molecule has 1 aliphatic rings. The number of nitro groups is 1. The molecule has 1 fully saturated rings. The van der Waals surface area contributed by atoms with Crippen molar-refractivity contribution in [1.29, 1.82) is 0 Å². The molecule has 17 heavy (non-hydrogen) atoms. The van der Waals surface area contributed by atoms with Gasteiger partial charge in [-0.3, -0.25) is 14.9 Å². The number of nitro benzene ring substituents is 1. The Morgan fingerprint density at radius 3 is 2.71 bits per heavy atom. The fraction of sp³-hybridized carbons (Fsp3) is 0.364. The van der Waals surface area contributed by atoms with Crippen molar-refractivity contribution in [2.24, 2.45) is 0 Å². The molecule has 1 aliphatic heterocycles. The van der Waals surface area contributed by atoms with Crippen LogP contribution in [0.5, 0.6) is 5.75 Å². The van der Waals surface area contributed by atoms with Crippen LogP contribution in [0.2, 0.25) is 0 Å². The summed E-state index contributed by atoms with van der Waals surface area (Å²) in [6, 6.07) is 4.41. The summed E-state index contributed by atoms with van der Waals surface area (Å²) in [5.74, 6) is -0.0129. The second-order valence-electron chi connectivity index (χ2n) is 3.95. The van der Waals surface area contributed by atoms with Gasteiger partial charge < -0.3 is 9.64 Å². The highest BCUT2D eigenvalue weighted by atomic mass is 16.6. The predicted octanol–water partition coefficient (Wildman–Crippen LogP) is 1.45. The molecule has 0 N–H and O–H groups in total. The zero-order chi connectivity index (χ0) is 12.6. The Kier molecular flexibility index (Phi) is 2.71. The summed E-state index contributed by atoms with van der Waals surface area (Å²) in [7, 11) is 1.34. The molecule has 1 atom stereocenters. The zero-order valence-electron chi connectivity index (χ0n) is 9.54. The van der Waals surface area contributed by atoms with E-state index in [4.69, 9.17) is 4.74 Å². The van der Waals surface area contributed by atoms with Crippen molar-refractivity contribution in [2.45, 2.75) is 13.0 Å². The molecule has 0 aliphatic carbocycles. The third kappa shape index (κ3) is 2.06. The Morgan fingerprint density at radius 1 is 1.59 bits per heavy atom. The minimum Gasteiger partial charge on any atom is -0.490 e. The summed E-state index contributed by atoms with van der Waals surface area (Å²) in [6.07, 6.45) is 0. The lowest BCUT2D eigenvalue weighted by atomic mass is 10.2. The lowest BCUT2D eigenvalue weighted by Crippen LogP contribution is -2.12. The lowest BCUT2D eigenvalue weighted by molar-refractivity contribution is -0.385. The van der Waals surface area contributed by atoms with E-state index >= 15 is 0 Å². The molecule has 1 heterocycles. The Bertz CT molecular complexity index is 486. The topological polar surface area (TPSA) is 72.5 Å². The van der Waals surface area contributed by atoms with Gasteiger partial charge in [0.2, 0.25) is 0 Å². The lowest BCUT2D eigenvalue weighted by Gasteiger charge is -2.05. The Labute approximate surface area is 97.9 Å². The van der Waals surface area contributed by atoms with Crippen molar-refractivity contribution in [2.75, 3.05) is 13.7 Å². The van der Waals surface area contributed by atoms with Crippen LogP contribution in [-0.4, -0.2) is 35.4 Å². The third-order valence-electron chi connectivity index (χ3n) is 2.74. The molecule has 1 aromatic rings. The van der Waals surface area contributed by atoms with Gasteiger partial charge in [-0.2, -0.15) is 0 Å². The van der Waals surface area contributed by atoms with E-state index < -0.39 is 4.92 Å². The van der Waals surface area contributed by atoms with Gasteiger partial charge in [0.05, 0.1) is 12.0 Å². The van der Waals surface area contributed by atoms with E-state index in [1.54, 1.807) is 4.90 Å². The smallest absolute Gasteiger partial charge is 0.310 e. The van der Waals surface area contributed by atoms with Crippen LogP contribution in [0.3, 0.4) is 0 Å². The van der Waals surface area contributed by atoms with Crippen LogP contribution in [0.1, 0.15) is 17.3 Å². The molecule has 1 saturated heterocycles. The van der Waals surface area contributed by atoms with Crippen molar-refractivity contribution in [1.82, 2.24) is 4.90 Å². The summed E-state index contributed by atoms with van der Waals surface area (Å²) >= 11 is 0. The number of nitrogens with zero attached hydrogens (tertiary/aromatic N) is 2. The van der Waals surface area contributed by atoms with Crippen LogP contribution in [-0.2, 0) is 0 Å². The zero-order valence-corrected chi connectivity index (χ0v) is 9.54. The van der Waals surface area contributed by atoms with Gasteiger partial charge in [-0.25, -0.2) is 0 Å². The van der Waals surface area contributed by atoms with E-state index in [1.807, 2.05) is 6.92 Å². The highest BCUT2D eigenvalue weighted by Gasteiger charge is 2.35. The highest BCUT2D eigenvalue weighted by molar-refractivity contribution is 5.96. The maximum absolute atomic E-state index is 11.9. The maximum atomic E-state index is 11.9. The number of amides is 1. The number of carbonyl (C=O) groups is 1. The molecule has 1 aromatic carbocycles. The fourth-order valence-electron chi connectivity index (χ4n) is 1.65. The van der Waals surface area contributed by atoms with Crippen LogP contribution >= 0.6 is 0 Å². The largest absolute Gasteiger partial charge is 0.490 e. The number of benzene rings is 1. The normalized spacial score (nSPS) is 17.8. The SMILES string of the molecule is COc1cc(C(=O)N2CC2C)ccc1[N+](=O)[O-]. The average molecular weight is 236 g/mol. The van der Waals surface area contributed by atoms with E-state index in [9.17, 15) is 14.9 Å². The standard InChI is InChI=1S/C11H12N2O4/c1-7-6-12(7)11(14)8-3-4-9(13(15)16)10(5-8)17-2/h3-5,7H,6H2,1-2H3. The summed E-state index contributed by atoms with van der Waals surface area (Å²) in [5, 5.41) is 10.7. The second kappa shape index (κ2) is 4.04. The fourth-order valence-corrected chi connectivity index (χ4v) is 1.65. The van der Waals surface area contributed by atoms with E-state index in [2.05, 4.69) is 0 Å². The van der Waals surface area contributed by atoms with Gasteiger partial charge in [0.15, 0.2) is 5.75 Å². The van der Waals surface area contributed by atoms with Crippen LogP contribution in [0.4, 0.5) is 5.69 Å². The molecule has 0 aromatic heterocycles. The van der Waals surface area contributed by atoms with Gasteiger partial charge in [0.1, 0.15) is 0 Å². The van der Waals surface area contributed by atoms with Crippen molar-refractivity contribution in [3.05, 3.63) is 33.9 Å².